The lowest BCUT2D eigenvalue weighted by Crippen LogP contribution is -1.94. The average Bonchev–Trinajstić information content (AvgIpc) is 2.43. The summed E-state index contributed by atoms with van der Waals surface area (Å²) in [6.45, 7) is 8.82. The Morgan fingerprint density at radius 2 is 2.00 bits per heavy atom. The molecule has 0 unspecified atom stereocenters. The average molecular weight is 310 g/mol. The van der Waals surface area contributed by atoms with Crippen LogP contribution in [0.15, 0.2) is 30.3 Å². The molecule has 0 N–H and O–H groups in total. The van der Waals surface area contributed by atoms with E-state index in [1.54, 1.807) is 12.1 Å². The maximum atomic E-state index is 14.2. The summed E-state index contributed by atoms with van der Waals surface area (Å²) in [4.78, 5) is 3.27. The molecule has 2 nitrogen and oxygen atoms in total. The zero-order valence-corrected chi connectivity index (χ0v) is 12.1. The van der Waals surface area contributed by atoms with Gasteiger partial charge in [-0.2, -0.15) is 0 Å². The van der Waals surface area contributed by atoms with Crippen molar-refractivity contribution in [2.75, 3.05) is 0 Å². The number of ether oxygens (including phenoxy) is 1. The Hall–Kier alpha value is -1.76. The van der Waals surface area contributed by atoms with Crippen LogP contribution in [0.25, 0.3) is 4.85 Å². The van der Waals surface area contributed by atoms with E-state index in [9.17, 15) is 4.39 Å². The van der Waals surface area contributed by atoms with Crippen molar-refractivity contribution in [3.63, 3.8) is 0 Å². The van der Waals surface area contributed by atoms with Crippen molar-refractivity contribution in [3.8, 4) is 11.5 Å². The molecule has 0 heterocycles. The highest BCUT2D eigenvalue weighted by atomic mass is 35.5. The molecule has 5 heteroatoms. The van der Waals surface area contributed by atoms with Gasteiger partial charge in [-0.3, -0.25) is 0 Å². The smallest absolute Gasteiger partial charge is 0.192 e. The molecule has 2 aromatic rings. The van der Waals surface area contributed by atoms with Crippen molar-refractivity contribution in [3.05, 3.63) is 63.2 Å². The molecule has 102 valence electrons. The van der Waals surface area contributed by atoms with Crippen LogP contribution >= 0.6 is 23.2 Å². The number of nitrogens with zero attached hydrogens (tertiary/aromatic N) is 1. The third-order valence-electron chi connectivity index (χ3n) is 2.72. The van der Waals surface area contributed by atoms with Gasteiger partial charge in [0.1, 0.15) is 5.75 Å². The summed E-state index contributed by atoms with van der Waals surface area (Å²) in [5.41, 5.74) is 0.826. The van der Waals surface area contributed by atoms with Crippen LogP contribution in [0.4, 0.5) is 10.1 Å². The first kappa shape index (κ1) is 14.6. The molecule has 0 saturated carbocycles. The number of halogens is 3. The summed E-state index contributed by atoms with van der Waals surface area (Å²) < 4.78 is 19.7. The van der Waals surface area contributed by atoms with Crippen LogP contribution in [0, 0.1) is 12.4 Å². The number of rotatable bonds is 3. The van der Waals surface area contributed by atoms with Crippen LogP contribution in [0.2, 0.25) is 10.0 Å². The van der Waals surface area contributed by atoms with E-state index in [0.717, 1.165) is 0 Å². The zero-order valence-electron chi connectivity index (χ0n) is 10.6. The van der Waals surface area contributed by atoms with Crippen molar-refractivity contribution < 1.29 is 9.13 Å². The second kappa shape index (κ2) is 6.13. The number of aryl methyl sites for hydroxylation is 1. The van der Waals surface area contributed by atoms with E-state index in [4.69, 9.17) is 34.5 Å². The van der Waals surface area contributed by atoms with Gasteiger partial charge in [-0.25, -0.2) is 9.24 Å². The summed E-state index contributed by atoms with van der Waals surface area (Å²) >= 11 is 11.8. The molecule has 0 aromatic heterocycles. The van der Waals surface area contributed by atoms with Crippen LogP contribution in [0.5, 0.6) is 11.5 Å². The quantitative estimate of drug-likeness (QED) is 0.630. The van der Waals surface area contributed by atoms with E-state index in [-0.39, 0.29) is 16.5 Å². The van der Waals surface area contributed by atoms with E-state index < -0.39 is 5.82 Å². The fraction of sp³-hybridized carbons (Fsp3) is 0.133. The molecule has 0 aliphatic rings. The topological polar surface area (TPSA) is 13.6 Å². The Morgan fingerprint density at radius 3 is 2.65 bits per heavy atom. The highest BCUT2D eigenvalue weighted by molar-refractivity contribution is 6.32. The zero-order chi connectivity index (χ0) is 14.7. The number of hydrogen-bond acceptors (Lipinski definition) is 1. The van der Waals surface area contributed by atoms with Crippen molar-refractivity contribution >= 4 is 28.9 Å². The van der Waals surface area contributed by atoms with Crippen LogP contribution in [0.3, 0.4) is 0 Å². The highest BCUT2D eigenvalue weighted by Gasteiger charge is 2.14. The molecular weight excluding hydrogens is 300 g/mol. The molecule has 20 heavy (non-hydrogen) atoms. The molecule has 0 amide bonds. The Morgan fingerprint density at radius 1 is 1.25 bits per heavy atom. The molecule has 0 bridgehead atoms. The van der Waals surface area contributed by atoms with Gasteiger partial charge in [0.25, 0.3) is 0 Å². The van der Waals surface area contributed by atoms with Gasteiger partial charge >= 0.3 is 0 Å². The monoisotopic (exact) mass is 309 g/mol. The van der Waals surface area contributed by atoms with Crippen molar-refractivity contribution in [1.82, 2.24) is 0 Å². The van der Waals surface area contributed by atoms with E-state index in [0.29, 0.717) is 22.7 Å². The predicted molar refractivity (Wildman–Crippen MR) is 78.6 cm³/mol. The second-order valence-electron chi connectivity index (χ2n) is 4.06. The third-order valence-corrected chi connectivity index (χ3v) is 3.23. The Balaban J connectivity index is 2.45. The van der Waals surface area contributed by atoms with E-state index in [1.807, 2.05) is 6.92 Å². The lowest BCUT2D eigenvalue weighted by Gasteiger charge is -2.11. The van der Waals surface area contributed by atoms with E-state index >= 15 is 0 Å². The second-order valence-corrected chi connectivity index (χ2v) is 4.91. The first-order valence-electron chi connectivity index (χ1n) is 5.88. The van der Waals surface area contributed by atoms with Gasteiger partial charge in [0.2, 0.25) is 0 Å². The first-order chi connectivity index (χ1) is 9.55. The largest absolute Gasteiger partial charge is 0.454 e. The summed E-state index contributed by atoms with van der Waals surface area (Å²) in [6.07, 6.45) is 0.530. The van der Waals surface area contributed by atoms with Gasteiger partial charge in [-0.1, -0.05) is 36.2 Å². The van der Waals surface area contributed by atoms with Crippen molar-refractivity contribution in [2.24, 2.45) is 0 Å². The first-order valence-corrected chi connectivity index (χ1v) is 6.63. The van der Waals surface area contributed by atoms with Gasteiger partial charge < -0.3 is 4.74 Å². The van der Waals surface area contributed by atoms with Gasteiger partial charge in [-0.05, 0) is 36.2 Å². The van der Waals surface area contributed by atoms with Crippen molar-refractivity contribution in [2.45, 2.75) is 13.3 Å². The van der Waals surface area contributed by atoms with Crippen LogP contribution in [-0.2, 0) is 6.42 Å². The highest BCUT2D eigenvalue weighted by Crippen LogP contribution is 2.36. The fourth-order valence-electron chi connectivity index (χ4n) is 1.73. The number of hydrogen-bond donors (Lipinski definition) is 0. The van der Waals surface area contributed by atoms with Crippen LogP contribution < -0.4 is 4.74 Å². The Kier molecular flexibility index (Phi) is 4.49. The van der Waals surface area contributed by atoms with Gasteiger partial charge in [0, 0.05) is 5.02 Å². The summed E-state index contributed by atoms with van der Waals surface area (Å²) in [5, 5.41) is 0.515. The maximum absolute atomic E-state index is 14.2. The minimum absolute atomic E-state index is 0.0517. The SMILES string of the molecule is [C-]#[N+]c1cc(Cl)cc(Oc2c(Cl)ccc(CC)c2F)c1. The minimum atomic E-state index is -0.496. The molecule has 0 fully saturated rings. The maximum Gasteiger partial charge on any atom is 0.192 e. The van der Waals surface area contributed by atoms with Crippen LogP contribution in [-0.4, -0.2) is 0 Å². The molecule has 0 saturated heterocycles. The summed E-state index contributed by atoms with van der Waals surface area (Å²) in [6, 6.07) is 7.69. The standard InChI is InChI=1S/C15H10Cl2FNO/c1-3-9-4-5-13(17)15(14(9)18)20-12-7-10(16)6-11(8-12)19-2/h4-8H,3H2,1H3. The molecule has 0 atom stereocenters. The van der Waals surface area contributed by atoms with E-state index in [1.165, 1.54) is 18.2 Å². The molecule has 0 aliphatic heterocycles. The van der Waals surface area contributed by atoms with Crippen molar-refractivity contribution in [1.29, 1.82) is 0 Å². The normalized spacial score (nSPS) is 10.2. The lowest BCUT2D eigenvalue weighted by molar-refractivity contribution is 0.439. The molecular formula is C15H10Cl2FNO. The molecule has 0 spiro atoms. The predicted octanol–water partition coefficient (Wildman–Crippen LogP) is 6.04. The Bertz CT molecular complexity index is 695. The lowest BCUT2D eigenvalue weighted by atomic mass is 10.1. The van der Waals surface area contributed by atoms with Gasteiger partial charge in [0.05, 0.1) is 11.6 Å². The summed E-state index contributed by atoms with van der Waals surface area (Å²) in [5.74, 6) is -0.272. The van der Waals surface area contributed by atoms with Crippen LogP contribution in [0.1, 0.15) is 12.5 Å². The third kappa shape index (κ3) is 3.04. The summed E-state index contributed by atoms with van der Waals surface area (Å²) in [7, 11) is 0. The molecule has 0 aliphatic carbocycles. The van der Waals surface area contributed by atoms with Gasteiger partial charge in [0.15, 0.2) is 17.3 Å². The molecule has 0 radical (unpaired) electrons. The number of benzene rings is 2. The Labute approximate surface area is 126 Å². The van der Waals surface area contributed by atoms with E-state index in [2.05, 4.69) is 4.85 Å². The molecule has 2 aromatic carbocycles. The fourth-order valence-corrected chi connectivity index (χ4v) is 2.13. The minimum Gasteiger partial charge on any atom is -0.454 e. The van der Waals surface area contributed by atoms with Gasteiger partial charge in [-0.15, -0.1) is 0 Å². The molecule has 2 rings (SSSR count).